The second kappa shape index (κ2) is 4.45. The molecule has 0 bridgehead atoms. The minimum atomic E-state index is -0.260. The first-order valence-corrected chi connectivity index (χ1v) is 6.77. The van der Waals surface area contributed by atoms with E-state index >= 15 is 0 Å². The Morgan fingerprint density at radius 3 is 1.81 bits per heavy atom. The van der Waals surface area contributed by atoms with E-state index in [2.05, 4.69) is 0 Å². The van der Waals surface area contributed by atoms with Crippen LogP contribution in [-0.4, -0.2) is 11.8 Å². The maximum atomic E-state index is 12.7. The molecule has 0 radical (unpaired) electrons. The zero-order valence-electron chi connectivity index (χ0n) is 12.2. The summed E-state index contributed by atoms with van der Waals surface area (Å²) in [6, 6.07) is 8.93. The lowest BCUT2D eigenvalue weighted by Gasteiger charge is -2.17. The number of hydrogen-bond acceptors (Lipinski definition) is 3. The van der Waals surface area contributed by atoms with Crippen LogP contribution in [0.1, 0.15) is 37.4 Å². The topological polar surface area (TPSA) is 63.4 Å². The van der Waals surface area contributed by atoms with Crippen LogP contribution in [-0.2, 0) is 0 Å². The predicted octanol–water partition coefficient (Wildman–Crippen LogP) is 2.99. The molecule has 2 aromatic rings. The van der Waals surface area contributed by atoms with E-state index in [4.69, 9.17) is 5.73 Å². The molecule has 2 N–H and O–H groups in total. The van der Waals surface area contributed by atoms with Crippen molar-refractivity contribution in [2.24, 2.45) is 0 Å². The van der Waals surface area contributed by atoms with E-state index in [1.165, 1.54) is 4.90 Å². The van der Waals surface area contributed by atoms with Crippen molar-refractivity contribution in [2.45, 2.75) is 20.8 Å². The van der Waals surface area contributed by atoms with E-state index in [1.54, 1.807) is 18.2 Å². The fourth-order valence-corrected chi connectivity index (χ4v) is 2.83. The average Bonchev–Trinajstić information content (AvgIpc) is 2.68. The van der Waals surface area contributed by atoms with Crippen LogP contribution in [0.3, 0.4) is 0 Å². The van der Waals surface area contributed by atoms with Gasteiger partial charge in [0.2, 0.25) is 0 Å². The maximum Gasteiger partial charge on any atom is 0.266 e. The number of aryl methyl sites for hydroxylation is 3. The molecule has 4 nitrogen and oxygen atoms in total. The normalized spacial score (nSPS) is 13.8. The number of nitrogens with zero attached hydrogens (tertiary/aromatic N) is 1. The summed E-state index contributed by atoms with van der Waals surface area (Å²) >= 11 is 0. The Hall–Kier alpha value is -2.62. The highest BCUT2D eigenvalue weighted by Crippen LogP contribution is 2.34. The molecular weight excluding hydrogens is 264 g/mol. The number of imide groups is 1. The molecule has 0 aromatic heterocycles. The highest BCUT2D eigenvalue weighted by molar-refractivity contribution is 6.35. The number of benzene rings is 2. The zero-order chi connectivity index (χ0) is 15.3. The summed E-state index contributed by atoms with van der Waals surface area (Å²) in [6.45, 7) is 5.54. The molecule has 0 saturated carbocycles. The van der Waals surface area contributed by atoms with Gasteiger partial charge in [-0.15, -0.1) is 0 Å². The molecule has 0 spiro atoms. The number of rotatable bonds is 1. The monoisotopic (exact) mass is 280 g/mol. The number of carbonyl (C=O) groups is 2. The molecule has 21 heavy (non-hydrogen) atoms. The van der Waals surface area contributed by atoms with Gasteiger partial charge in [-0.3, -0.25) is 9.59 Å². The first-order valence-electron chi connectivity index (χ1n) is 6.77. The summed E-state index contributed by atoms with van der Waals surface area (Å²) in [5.41, 5.74) is 10.4. The molecule has 0 atom stereocenters. The lowest BCUT2D eigenvalue weighted by atomic mass is 9.99. The Labute approximate surface area is 123 Å². The third kappa shape index (κ3) is 1.83. The summed E-state index contributed by atoms with van der Waals surface area (Å²) in [4.78, 5) is 26.6. The van der Waals surface area contributed by atoms with Crippen LogP contribution in [0, 0.1) is 20.8 Å². The number of fused-ring (bicyclic) bond motifs is 1. The van der Waals surface area contributed by atoms with E-state index in [-0.39, 0.29) is 11.8 Å². The molecular formula is C17H16N2O2. The lowest BCUT2D eigenvalue weighted by molar-refractivity contribution is 0.0925. The van der Waals surface area contributed by atoms with E-state index in [9.17, 15) is 9.59 Å². The minimum absolute atomic E-state index is 0.260. The van der Waals surface area contributed by atoms with Gasteiger partial charge in [-0.05, 0) is 55.7 Å². The van der Waals surface area contributed by atoms with Crippen molar-refractivity contribution in [3.05, 3.63) is 58.1 Å². The van der Waals surface area contributed by atoms with Crippen molar-refractivity contribution < 1.29 is 9.59 Å². The number of anilines is 2. The van der Waals surface area contributed by atoms with Gasteiger partial charge in [-0.2, -0.15) is 0 Å². The van der Waals surface area contributed by atoms with E-state index in [0.29, 0.717) is 22.5 Å². The van der Waals surface area contributed by atoms with Gasteiger partial charge in [0, 0.05) is 5.69 Å². The molecule has 1 heterocycles. The smallest absolute Gasteiger partial charge is 0.266 e. The molecule has 0 saturated heterocycles. The van der Waals surface area contributed by atoms with Crippen molar-refractivity contribution >= 4 is 23.2 Å². The van der Waals surface area contributed by atoms with Crippen molar-refractivity contribution in [3.63, 3.8) is 0 Å². The second-order valence-corrected chi connectivity index (χ2v) is 5.44. The largest absolute Gasteiger partial charge is 0.399 e. The van der Waals surface area contributed by atoms with Crippen LogP contribution in [0.5, 0.6) is 0 Å². The molecule has 0 aliphatic carbocycles. The molecule has 1 aliphatic rings. The summed E-state index contributed by atoms with van der Waals surface area (Å²) in [7, 11) is 0. The maximum absolute atomic E-state index is 12.7. The average molecular weight is 280 g/mol. The van der Waals surface area contributed by atoms with Crippen LogP contribution < -0.4 is 10.6 Å². The first kappa shape index (κ1) is 13.4. The summed E-state index contributed by atoms with van der Waals surface area (Å²) in [5, 5.41) is 0. The standard InChI is InChI=1S/C17H16N2O2/c1-9-4-5-10(2)15-14(9)16(20)19(17(15)21)13-7-6-12(18)8-11(13)3/h4-8H,18H2,1-3H3. The highest BCUT2D eigenvalue weighted by Gasteiger charge is 2.39. The Morgan fingerprint density at radius 2 is 1.33 bits per heavy atom. The van der Waals surface area contributed by atoms with Gasteiger partial charge < -0.3 is 5.73 Å². The van der Waals surface area contributed by atoms with Crippen LogP contribution >= 0.6 is 0 Å². The van der Waals surface area contributed by atoms with E-state index in [1.807, 2.05) is 32.9 Å². The fraction of sp³-hybridized carbons (Fsp3) is 0.176. The summed E-state index contributed by atoms with van der Waals surface area (Å²) in [6.07, 6.45) is 0. The molecule has 3 rings (SSSR count). The third-order valence-corrected chi connectivity index (χ3v) is 3.92. The lowest BCUT2D eigenvalue weighted by Crippen LogP contribution is -2.30. The second-order valence-electron chi connectivity index (χ2n) is 5.44. The highest BCUT2D eigenvalue weighted by atomic mass is 16.2. The van der Waals surface area contributed by atoms with Gasteiger partial charge in [0.15, 0.2) is 0 Å². The Kier molecular flexibility index (Phi) is 2.83. The molecule has 2 amide bonds. The van der Waals surface area contributed by atoms with Gasteiger partial charge >= 0.3 is 0 Å². The fourth-order valence-electron chi connectivity index (χ4n) is 2.83. The molecule has 0 fully saturated rings. The number of carbonyl (C=O) groups excluding carboxylic acids is 2. The van der Waals surface area contributed by atoms with E-state index < -0.39 is 0 Å². The molecule has 4 heteroatoms. The van der Waals surface area contributed by atoms with Crippen LogP contribution in [0.25, 0.3) is 0 Å². The number of hydrogen-bond donors (Lipinski definition) is 1. The van der Waals surface area contributed by atoms with Crippen molar-refractivity contribution in [1.29, 1.82) is 0 Å². The summed E-state index contributed by atoms with van der Waals surface area (Å²) in [5.74, 6) is -0.520. The third-order valence-electron chi connectivity index (χ3n) is 3.92. The number of nitrogens with two attached hydrogens (primary N) is 1. The van der Waals surface area contributed by atoms with E-state index in [0.717, 1.165) is 16.7 Å². The SMILES string of the molecule is Cc1cc(N)ccc1N1C(=O)c2c(C)ccc(C)c2C1=O. The van der Waals surface area contributed by atoms with Crippen LogP contribution in [0.15, 0.2) is 30.3 Å². The van der Waals surface area contributed by atoms with Crippen LogP contribution in [0.2, 0.25) is 0 Å². The first-order chi connectivity index (χ1) is 9.91. The number of amides is 2. The molecule has 2 aromatic carbocycles. The zero-order valence-corrected chi connectivity index (χ0v) is 12.2. The van der Waals surface area contributed by atoms with Gasteiger partial charge in [-0.25, -0.2) is 4.90 Å². The van der Waals surface area contributed by atoms with Crippen molar-refractivity contribution in [2.75, 3.05) is 10.6 Å². The quantitative estimate of drug-likeness (QED) is 0.645. The van der Waals surface area contributed by atoms with Gasteiger partial charge in [0.05, 0.1) is 16.8 Å². The van der Waals surface area contributed by atoms with Crippen molar-refractivity contribution in [3.8, 4) is 0 Å². The molecule has 0 unspecified atom stereocenters. The van der Waals surface area contributed by atoms with Gasteiger partial charge in [-0.1, -0.05) is 12.1 Å². The molecule has 106 valence electrons. The van der Waals surface area contributed by atoms with Crippen LogP contribution in [0.4, 0.5) is 11.4 Å². The molecule has 1 aliphatic heterocycles. The summed E-state index contributed by atoms with van der Waals surface area (Å²) < 4.78 is 0. The van der Waals surface area contributed by atoms with Gasteiger partial charge in [0.1, 0.15) is 0 Å². The van der Waals surface area contributed by atoms with Gasteiger partial charge in [0.25, 0.3) is 11.8 Å². The number of nitrogen functional groups attached to an aromatic ring is 1. The Bertz CT molecular complexity index is 753. The Morgan fingerprint density at radius 1 is 0.810 bits per heavy atom. The minimum Gasteiger partial charge on any atom is -0.399 e. The van der Waals surface area contributed by atoms with Crippen molar-refractivity contribution in [1.82, 2.24) is 0 Å². The Balaban J connectivity index is 2.21. The predicted molar refractivity (Wildman–Crippen MR) is 82.6 cm³/mol.